The van der Waals surface area contributed by atoms with E-state index in [0.29, 0.717) is 0 Å². The topological polar surface area (TPSA) is 110 Å². The lowest BCUT2D eigenvalue weighted by atomic mass is 10.1. The Morgan fingerprint density at radius 3 is 2.25 bits per heavy atom. The molecule has 0 amide bonds. The van der Waals surface area contributed by atoms with Crippen molar-refractivity contribution >= 4 is 17.9 Å². The fourth-order valence-corrected chi connectivity index (χ4v) is 1.20. The Labute approximate surface area is 114 Å². The largest absolute Gasteiger partial charge is 0.478 e. The molecule has 0 aliphatic rings. The van der Waals surface area contributed by atoms with Gasteiger partial charge in [0.25, 0.3) is 0 Å². The molecule has 0 fully saturated rings. The van der Waals surface area contributed by atoms with Gasteiger partial charge in [0.05, 0.1) is 11.1 Å². The molecule has 0 bridgehead atoms. The number of carboxylic acids is 1. The van der Waals surface area contributed by atoms with Gasteiger partial charge in [-0.05, 0) is 24.3 Å². The van der Waals surface area contributed by atoms with E-state index in [1.807, 2.05) is 0 Å². The summed E-state index contributed by atoms with van der Waals surface area (Å²) in [7, 11) is 0. The van der Waals surface area contributed by atoms with Crippen LogP contribution in [0.3, 0.4) is 0 Å². The molecule has 7 nitrogen and oxygen atoms in total. The summed E-state index contributed by atoms with van der Waals surface area (Å²) in [5.41, 5.74) is 0.138. The van der Waals surface area contributed by atoms with E-state index < -0.39 is 30.8 Å². The van der Waals surface area contributed by atoms with Gasteiger partial charge in [-0.3, -0.25) is 0 Å². The molecule has 0 aromatic heterocycles. The average molecular weight is 280 g/mol. The van der Waals surface area contributed by atoms with Gasteiger partial charge in [0, 0.05) is 6.08 Å². The quantitative estimate of drug-likeness (QED) is 0.445. The van der Waals surface area contributed by atoms with Gasteiger partial charge < -0.3 is 19.7 Å². The van der Waals surface area contributed by atoms with E-state index in [4.69, 9.17) is 5.11 Å². The molecular weight excluding hydrogens is 268 g/mol. The zero-order chi connectivity index (χ0) is 15.1. The minimum atomic E-state index is -1.59. The van der Waals surface area contributed by atoms with Gasteiger partial charge in [-0.25, -0.2) is 14.4 Å². The second-order valence-electron chi connectivity index (χ2n) is 3.58. The number of esters is 2. The predicted molar refractivity (Wildman–Crippen MR) is 66.0 cm³/mol. The van der Waals surface area contributed by atoms with Gasteiger partial charge in [-0.2, -0.15) is 0 Å². The molecule has 1 rings (SSSR count). The number of aliphatic hydroxyl groups excluding tert-OH is 1. The minimum absolute atomic E-state index is 0.0292. The van der Waals surface area contributed by atoms with E-state index >= 15 is 0 Å². The number of hydrogen-bond acceptors (Lipinski definition) is 6. The molecule has 20 heavy (non-hydrogen) atoms. The number of carbonyl (C=O) groups excluding carboxylic acids is 2. The van der Waals surface area contributed by atoms with E-state index in [0.717, 1.165) is 6.08 Å². The fourth-order valence-electron chi connectivity index (χ4n) is 1.20. The van der Waals surface area contributed by atoms with E-state index in [1.165, 1.54) is 24.3 Å². The van der Waals surface area contributed by atoms with Crippen LogP contribution in [0.2, 0.25) is 0 Å². The van der Waals surface area contributed by atoms with Gasteiger partial charge in [-0.15, -0.1) is 0 Å². The third kappa shape index (κ3) is 4.54. The number of ether oxygens (including phenoxy) is 2. The van der Waals surface area contributed by atoms with Crippen molar-refractivity contribution in [3.63, 3.8) is 0 Å². The van der Waals surface area contributed by atoms with Crippen molar-refractivity contribution in [2.75, 3.05) is 6.61 Å². The lowest BCUT2D eigenvalue weighted by Gasteiger charge is -2.11. The number of carbonyl (C=O) groups is 3. The second-order valence-corrected chi connectivity index (χ2v) is 3.58. The number of aromatic carboxylic acids is 1. The van der Waals surface area contributed by atoms with Crippen LogP contribution >= 0.6 is 0 Å². The highest BCUT2D eigenvalue weighted by Gasteiger charge is 2.14. The molecule has 0 radical (unpaired) electrons. The maximum atomic E-state index is 11.5. The van der Waals surface area contributed by atoms with Gasteiger partial charge in [0.1, 0.15) is 0 Å². The Morgan fingerprint density at radius 1 is 1.20 bits per heavy atom. The normalized spacial score (nSPS) is 11.2. The Hall–Kier alpha value is -2.67. The maximum Gasteiger partial charge on any atom is 0.338 e. The number of carboxylic acid groups (broad SMARTS) is 1. The molecule has 106 valence electrons. The van der Waals surface area contributed by atoms with Crippen molar-refractivity contribution < 1.29 is 34.1 Å². The van der Waals surface area contributed by atoms with Crippen LogP contribution in [0.5, 0.6) is 0 Å². The Morgan fingerprint density at radius 2 is 1.75 bits per heavy atom. The Bertz CT molecular complexity index is 518. The molecule has 2 N–H and O–H groups in total. The summed E-state index contributed by atoms with van der Waals surface area (Å²) < 4.78 is 9.07. The smallest absolute Gasteiger partial charge is 0.338 e. The highest BCUT2D eigenvalue weighted by atomic mass is 16.7. The fraction of sp³-hybridized carbons (Fsp3) is 0.154. The van der Waals surface area contributed by atoms with Crippen LogP contribution in [0, 0.1) is 0 Å². The standard InChI is InChI=1S/C13H12O7/c1-2-10(14)20-11(15)7-19-13(18)9-5-3-8(4-6-9)12(16)17/h2-6,11,15H,1,7H2,(H,16,17). The van der Waals surface area contributed by atoms with E-state index in [2.05, 4.69) is 16.1 Å². The minimum Gasteiger partial charge on any atom is -0.478 e. The highest BCUT2D eigenvalue weighted by molar-refractivity contribution is 5.92. The molecule has 1 aromatic carbocycles. The summed E-state index contributed by atoms with van der Waals surface area (Å²) in [5, 5.41) is 17.9. The van der Waals surface area contributed by atoms with Crippen LogP contribution in [-0.4, -0.2) is 41.0 Å². The molecule has 1 aromatic rings. The van der Waals surface area contributed by atoms with Crippen molar-refractivity contribution in [3.8, 4) is 0 Å². The van der Waals surface area contributed by atoms with Crippen molar-refractivity contribution in [1.82, 2.24) is 0 Å². The van der Waals surface area contributed by atoms with Gasteiger partial charge >= 0.3 is 17.9 Å². The predicted octanol–water partition coefficient (Wildman–Crippen LogP) is 0.589. The van der Waals surface area contributed by atoms with Crippen molar-refractivity contribution in [1.29, 1.82) is 0 Å². The summed E-state index contributed by atoms with van der Waals surface area (Å²) in [4.78, 5) is 32.9. The zero-order valence-electron chi connectivity index (χ0n) is 10.3. The number of hydrogen-bond donors (Lipinski definition) is 2. The number of benzene rings is 1. The molecule has 7 heteroatoms. The zero-order valence-corrected chi connectivity index (χ0v) is 10.3. The molecule has 0 aliphatic heterocycles. The molecule has 1 atom stereocenters. The third-order valence-corrected chi connectivity index (χ3v) is 2.14. The monoisotopic (exact) mass is 280 g/mol. The molecule has 0 heterocycles. The molecule has 0 saturated carbocycles. The molecule has 0 spiro atoms. The van der Waals surface area contributed by atoms with E-state index in [-0.39, 0.29) is 11.1 Å². The summed E-state index contributed by atoms with van der Waals surface area (Å²) in [6.45, 7) is 2.60. The van der Waals surface area contributed by atoms with Crippen LogP contribution in [-0.2, 0) is 14.3 Å². The molecule has 1 unspecified atom stereocenters. The molecule has 0 aliphatic carbocycles. The summed E-state index contributed by atoms with van der Waals surface area (Å²) >= 11 is 0. The Kier molecular flexibility index (Phi) is 5.42. The van der Waals surface area contributed by atoms with Gasteiger partial charge in [-0.1, -0.05) is 6.58 Å². The maximum absolute atomic E-state index is 11.5. The SMILES string of the molecule is C=CC(=O)OC(O)COC(=O)c1ccc(C(=O)O)cc1. The first kappa shape index (κ1) is 15.4. The first-order valence-electron chi connectivity index (χ1n) is 5.45. The van der Waals surface area contributed by atoms with Gasteiger partial charge in [0.15, 0.2) is 6.61 Å². The van der Waals surface area contributed by atoms with Crippen LogP contribution < -0.4 is 0 Å². The van der Waals surface area contributed by atoms with Gasteiger partial charge in [0.2, 0.25) is 6.29 Å². The summed E-state index contributed by atoms with van der Waals surface area (Å²) in [6.07, 6.45) is -0.738. The lowest BCUT2D eigenvalue weighted by Crippen LogP contribution is -2.24. The van der Waals surface area contributed by atoms with Crippen LogP contribution in [0.15, 0.2) is 36.9 Å². The number of aliphatic hydroxyl groups is 1. The van der Waals surface area contributed by atoms with Crippen molar-refractivity contribution in [2.24, 2.45) is 0 Å². The molecule has 0 saturated heterocycles. The average Bonchev–Trinajstić information content (AvgIpc) is 2.44. The summed E-state index contributed by atoms with van der Waals surface area (Å²) in [6, 6.07) is 5.03. The van der Waals surface area contributed by atoms with Crippen LogP contribution in [0.4, 0.5) is 0 Å². The summed E-state index contributed by atoms with van der Waals surface area (Å²) in [5.74, 6) is -2.74. The third-order valence-electron chi connectivity index (χ3n) is 2.14. The number of rotatable bonds is 6. The van der Waals surface area contributed by atoms with E-state index in [9.17, 15) is 19.5 Å². The lowest BCUT2D eigenvalue weighted by molar-refractivity contribution is -0.167. The van der Waals surface area contributed by atoms with Crippen molar-refractivity contribution in [3.05, 3.63) is 48.0 Å². The van der Waals surface area contributed by atoms with E-state index in [1.54, 1.807) is 0 Å². The van der Waals surface area contributed by atoms with Crippen LogP contribution in [0.25, 0.3) is 0 Å². The second kappa shape index (κ2) is 7.05. The highest BCUT2D eigenvalue weighted by Crippen LogP contribution is 2.06. The first-order chi connectivity index (χ1) is 9.43. The Balaban J connectivity index is 2.52. The first-order valence-corrected chi connectivity index (χ1v) is 5.45. The van der Waals surface area contributed by atoms with Crippen molar-refractivity contribution in [2.45, 2.75) is 6.29 Å². The molecular formula is C13H12O7. The van der Waals surface area contributed by atoms with Crippen LogP contribution in [0.1, 0.15) is 20.7 Å².